The predicted molar refractivity (Wildman–Crippen MR) is 160 cm³/mol. The van der Waals surface area contributed by atoms with E-state index in [2.05, 4.69) is 42.9 Å². The molecule has 0 spiro atoms. The second-order valence-electron chi connectivity index (χ2n) is 9.32. The average molecular weight is 612 g/mol. The van der Waals surface area contributed by atoms with E-state index in [0.29, 0.717) is 47.8 Å². The van der Waals surface area contributed by atoms with Gasteiger partial charge in [-0.2, -0.15) is 5.21 Å². The lowest BCUT2D eigenvalue weighted by Gasteiger charge is -2.14. The number of amides is 3. The minimum Gasteiger partial charge on any atom is -0.337 e. The van der Waals surface area contributed by atoms with E-state index in [0.717, 1.165) is 24.2 Å². The van der Waals surface area contributed by atoms with Crippen LogP contribution in [0.5, 0.6) is 0 Å². The molecule has 0 bridgehead atoms. The smallest absolute Gasteiger partial charge is 0.328 e. The van der Waals surface area contributed by atoms with Gasteiger partial charge in [0.15, 0.2) is 0 Å². The van der Waals surface area contributed by atoms with E-state index in [1.165, 1.54) is 17.8 Å². The topological polar surface area (TPSA) is 177 Å². The Labute approximate surface area is 248 Å². The third kappa shape index (κ3) is 7.33. The summed E-state index contributed by atoms with van der Waals surface area (Å²) in [7, 11) is -4.12. The first-order chi connectivity index (χ1) is 20.3. The van der Waals surface area contributed by atoms with E-state index >= 15 is 0 Å². The molecule has 2 aromatic heterocycles. The molecule has 0 atom stereocenters. The lowest BCUT2D eigenvalue weighted by Crippen LogP contribution is -2.39. The second-order valence-corrected chi connectivity index (χ2v) is 11.8. The van der Waals surface area contributed by atoms with Crippen LogP contribution in [-0.2, 0) is 23.0 Å². The van der Waals surface area contributed by atoms with E-state index in [-0.39, 0.29) is 10.8 Å². The molecular formula is C27H33N9O4S2. The maximum atomic E-state index is 13.3. The average Bonchev–Trinajstić information content (AvgIpc) is 3.62. The van der Waals surface area contributed by atoms with Crippen LogP contribution in [0.2, 0.25) is 0 Å². The Balaban J connectivity index is 1.63. The summed E-state index contributed by atoms with van der Waals surface area (Å²) < 4.78 is 30.1. The third-order valence-corrected chi connectivity index (χ3v) is 8.35. The Bertz CT molecular complexity index is 1620. The van der Waals surface area contributed by atoms with Gasteiger partial charge in [0.1, 0.15) is 16.5 Å². The van der Waals surface area contributed by atoms with Crippen LogP contribution >= 0.6 is 11.8 Å². The number of benzene rings is 2. The fourth-order valence-electron chi connectivity index (χ4n) is 4.27. The number of rotatable bonds is 13. The zero-order valence-electron chi connectivity index (χ0n) is 23.5. The number of carbonyl (C=O) groups excluding carboxylic acids is 2. The Kier molecular flexibility index (Phi) is 10.3. The van der Waals surface area contributed by atoms with Crippen molar-refractivity contribution in [1.82, 2.24) is 40.2 Å². The molecular weight excluding hydrogens is 578 g/mol. The molecule has 15 heteroatoms. The minimum absolute atomic E-state index is 0.00843. The number of imidazole rings is 1. The van der Waals surface area contributed by atoms with Gasteiger partial charge in [0.05, 0.1) is 4.90 Å². The lowest BCUT2D eigenvalue weighted by molar-refractivity contribution is 0.101. The summed E-state index contributed by atoms with van der Waals surface area (Å²) in [6.07, 6.45) is 5.12. The molecule has 2 aromatic carbocycles. The Morgan fingerprint density at radius 3 is 2.48 bits per heavy atom. The number of sulfonamides is 1. The molecule has 4 rings (SSSR count). The highest BCUT2D eigenvalue weighted by Gasteiger charge is 2.25. The molecule has 4 N–H and O–H groups in total. The van der Waals surface area contributed by atoms with Gasteiger partial charge >= 0.3 is 6.03 Å². The number of carbonyl (C=O) groups is 2. The monoisotopic (exact) mass is 611 g/mol. The first-order valence-corrected chi connectivity index (χ1v) is 16.1. The van der Waals surface area contributed by atoms with Crippen molar-refractivity contribution in [1.29, 1.82) is 0 Å². The number of nitrogens with one attached hydrogen (secondary N) is 4. The molecule has 0 radical (unpaired) electrons. The number of urea groups is 1. The number of aromatic amines is 1. The Morgan fingerprint density at radius 2 is 1.81 bits per heavy atom. The molecule has 0 saturated carbocycles. The summed E-state index contributed by atoms with van der Waals surface area (Å²) >= 11 is 1.38. The van der Waals surface area contributed by atoms with Crippen molar-refractivity contribution in [3.8, 4) is 11.1 Å². The number of aryl methyl sites for hydroxylation is 1. The molecule has 0 fully saturated rings. The quantitative estimate of drug-likeness (QED) is 0.164. The first kappa shape index (κ1) is 30.7. The fraction of sp³-hybridized carbons (Fsp3) is 0.333. The first-order valence-electron chi connectivity index (χ1n) is 13.4. The SMILES string of the molecule is CCCCc1nc(SC)c(C(=O)Nc2nn[nH]n2)n1Cc1ccc(-c2ccccc2S(=O)(=O)NC(=O)NCCC)cc1. The zero-order chi connectivity index (χ0) is 30.1. The molecule has 13 nitrogen and oxygen atoms in total. The number of anilines is 1. The van der Waals surface area contributed by atoms with Gasteiger partial charge in [-0.05, 0) is 41.5 Å². The number of hydrogen-bond acceptors (Lipinski definition) is 9. The van der Waals surface area contributed by atoms with Gasteiger partial charge in [-0.1, -0.05) is 67.8 Å². The molecule has 0 saturated heterocycles. The van der Waals surface area contributed by atoms with Crippen LogP contribution in [0, 0.1) is 0 Å². The van der Waals surface area contributed by atoms with Crippen LogP contribution in [0.15, 0.2) is 58.5 Å². The summed E-state index contributed by atoms with van der Waals surface area (Å²) in [5.41, 5.74) is 2.39. The van der Waals surface area contributed by atoms with Crippen molar-refractivity contribution in [2.24, 2.45) is 0 Å². The number of nitrogens with zero attached hydrogens (tertiary/aromatic N) is 5. The zero-order valence-corrected chi connectivity index (χ0v) is 25.2. The highest BCUT2D eigenvalue weighted by atomic mass is 32.2. The number of tetrazole rings is 1. The van der Waals surface area contributed by atoms with Gasteiger partial charge < -0.3 is 9.88 Å². The van der Waals surface area contributed by atoms with Crippen LogP contribution in [0.4, 0.5) is 10.7 Å². The summed E-state index contributed by atoms with van der Waals surface area (Å²) in [6, 6.07) is 13.1. The molecule has 222 valence electrons. The van der Waals surface area contributed by atoms with Crippen molar-refractivity contribution < 1.29 is 18.0 Å². The van der Waals surface area contributed by atoms with Gasteiger partial charge in [-0.3, -0.25) is 10.1 Å². The van der Waals surface area contributed by atoms with Gasteiger partial charge in [-0.15, -0.1) is 16.9 Å². The van der Waals surface area contributed by atoms with Crippen molar-refractivity contribution in [3.63, 3.8) is 0 Å². The number of unbranched alkanes of at least 4 members (excludes halogenated alkanes) is 1. The van der Waals surface area contributed by atoms with Crippen molar-refractivity contribution >= 4 is 39.7 Å². The van der Waals surface area contributed by atoms with Crippen molar-refractivity contribution in [3.05, 3.63) is 65.6 Å². The van der Waals surface area contributed by atoms with Gasteiger partial charge in [-0.25, -0.2) is 22.9 Å². The number of aromatic nitrogens is 6. The molecule has 42 heavy (non-hydrogen) atoms. The summed E-state index contributed by atoms with van der Waals surface area (Å²) in [5, 5.41) is 19.2. The second kappa shape index (κ2) is 14.1. The summed E-state index contributed by atoms with van der Waals surface area (Å²) in [4.78, 5) is 30.1. The van der Waals surface area contributed by atoms with Gasteiger partial charge in [0.2, 0.25) is 0 Å². The minimum atomic E-state index is -4.12. The van der Waals surface area contributed by atoms with Crippen molar-refractivity contribution in [2.45, 2.75) is 56.0 Å². The number of H-pyrrole nitrogens is 1. The van der Waals surface area contributed by atoms with E-state index in [1.807, 2.05) is 42.0 Å². The highest BCUT2D eigenvalue weighted by Crippen LogP contribution is 2.29. The molecule has 0 aliphatic carbocycles. The number of thioether (sulfide) groups is 1. The molecule has 0 unspecified atom stereocenters. The molecule has 0 aliphatic rings. The van der Waals surface area contributed by atoms with Crippen LogP contribution in [-0.4, -0.2) is 63.3 Å². The van der Waals surface area contributed by atoms with Gasteiger partial charge in [0, 0.05) is 25.1 Å². The maximum absolute atomic E-state index is 13.3. The molecule has 3 amide bonds. The largest absolute Gasteiger partial charge is 0.337 e. The summed E-state index contributed by atoms with van der Waals surface area (Å²) in [6.45, 7) is 4.69. The summed E-state index contributed by atoms with van der Waals surface area (Å²) in [5.74, 6) is 0.444. The highest BCUT2D eigenvalue weighted by molar-refractivity contribution is 7.98. The maximum Gasteiger partial charge on any atom is 0.328 e. The van der Waals surface area contributed by atoms with E-state index in [1.54, 1.807) is 18.2 Å². The molecule has 2 heterocycles. The fourth-order valence-corrected chi connectivity index (χ4v) is 6.02. The van der Waals surface area contributed by atoms with Gasteiger partial charge in [0.25, 0.3) is 21.9 Å². The van der Waals surface area contributed by atoms with Crippen molar-refractivity contribution in [2.75, 3.05) is 18.1 Å². The van der Waals surface area contributed by atoms with Crippen LogP contribution < -0.4 is 15.4 Å². The van der Waals surface area contributed by atoms with Crippen LogP contribution in [0.25, 0.3) is 11.1 Å². The van der Waals surface area contributed by atoms with E-state index < -0.39 is 22.0 Å². The lowest BCUT2D eigenvalue weighted by atomic mass is 10.0. The van der Waals surface area contributed by atoms with Crippen LogP contribution in [0.1, 0.15) is 55.0 Å². The molecule has 0 aliphatic heterocycles. The Hall–Kier alpha value is -4.24. The predicted octanol–water partition coefficient (Wildman–Crippen LogP) is 3.83. The van der Waals surface area contributed by atoms with E-state index in [4.69, 9.17) is 4.98 Å². The Morgan fingerprint density at radius 1 is 1.05 bits per heavy atom. The normalized spacial score (nSPS) is 11.3. The third-order valence-electron chi connectivity index (χ3n) is 6.29. The van der Waals surface area contributed by atoms with E-state index in [9.17, 15) is 18.0 Å². The number of hydrogen-bond donors (Lipinski definition) is 4. The molecule has 4 aromatic rings. The van der Waals surface area contributed by atoms with Crippen LogP contribution in [0.3, 0.4) is 0 Å². The standard InChI is InChI=1S/C27H33N9O4S2/c1-4-6-11-22-29-25(41-3)23(24(37)30-26-31-34-35-32-26)36(22)17-18-12-14-19(15-13-18)20-9-7-8-10-21(20)42(39,40)33-27(38)28-16-5-2/h7-10,12-15H,4-6,11,16-17H2,1-3H3,(H2,28,33,38)(H2,30,31,32,34,35,37).